The molecule has 24 heavy (non-hydrogen) atoms. The van der Waals surface area contributed by atoms with E-state index < -0.39 is 0 Å². The summed E-state index contributed by atoms with van der Waals surface area (Å²) < 4.78 is 1.73. The SMILES string of the molecule is Cc1nc2c3ccccc3nc(SC(C)C(=O)NCC(C)C)n2n1. The van der Waals surface area contributed by atoms with Crippen molar-refractivity contribution < 1.29 is 4.79 Å². The first-order chi connectivity index (χ1) is 11.5. The Morgan fingerprint density at radius 3 is 2.75 bits per heavy atom. The standard InChI is InChI=1S/C17H21N5OS/c1-10(2)9-18-16(23)11(3)24-17-20-14-8-6-5-7-13(14)15-19-12(4)21-22(15)17/h5-8,10-11H,9H2,1-4H3,(H,18,23). The van der Waals surface area contributed by atoms with Gasteiger partial charge >= 0.3 is 0 Å². The van der Waals surface area contributed by atoms with Crippen LogP contribution < -0.4 is 5.32 Å². The van der Waals surface area contributed by atoms with Crippen molar-refractivity contribution in [2.75, 3.05) is 6.54 Å². The predicted molar refractivity (Wildman–Crippen MR) is 96.2 cm³/mol. The Labute approximate surface area is 145 Å². The molecule has 1 atom stereocenters. The molecule has 1 unspecified atom stereocenters. The third-order valence-corrected chi connectivity index (χ3v) is 4.63. The van der Waals surface area contributed by atoms with Crippen molar-refractivity contribution in [3.8, 4) is 0 Å². The number of nitrogens with zero attached hydrogens (tertiary/aromatic N) is 4. The molecule has 0 aliphatic carbocycles. The Hall–Kier alpha value is -2.15. The van der Waals surface area contributed by atoms with E-state index in [2.05, 4.69) is 34.2 Å². The number of aromatic nitrogens is 4. The maximum absolute atomic E-state index is 12.3. The van der Waals surface area contributed by atoms with E-state index in [0.29, 0.717) is 23.4 Å². The van der Waals surface area contributed by atoms with Crippen molar-refractivity contribution in [3.05, 3.63) is 30.1 Å². The highest BCUT2D eigenvalue weighted by Crippen LogP contribution is 2.26. The van der Waals surface area contributed by atoms with Gasteiger partial charge in [-0.25, -0.2) is 9.97 Å². The first-order valence-corrected chi connectivity index (χ1v) is 8.90. The van der Waals surface area contributed by atoms with Gasteiger partial charge in [0.2, 0.25) is 5.91 Å². The molecule has 0 saturated carbocycles. The molecule has 2 aromatic heterocycles. The quantitative estimate of drug-likeness (QED) is 0.570. The van der Waals surface area contributed by atoms with Crippen LogP contribution in [0.3, 0.4) is 0 Å². The number of fused-ring (bicyclic) bond motifs is 3. The van der Waals surface area contributed by atoms with Gasteiger partial charge in [0.25, 0.3) is 0 Å². The van der Waals surface area contributed by atoms with Crippen LogP contribution in [0.1, 0.15) is 26.6 Å². The van der Waals surface area contributed by atoms with Crippen molar-refractivity contribution in [2.45, 2.75) is 38.1 Å². The Morgan fingerprint density at radius 1 is 1.25 bits per heavy atom. The summed E-state index contributed by atoms with van der Waals surface area (Å²) in [5.74, 6) is 1.12. The molecule has 0 fully saturated rings. The van der Waals surface area contributed by atoms with E-state index in [9.17, 15) is 4.79 Å². The number of carbonyl (C=O) groups excluding carboxylic acids is 1. The van der Waals surface area contributed by atoms with E-state index in [0.717, 1.165) is 16.6 Å². The molecule has 0 saturated heterocycles. The maximum atomic E-state index is 12.3. The summed E-state index contributed by atoms with van der Waals surface area (Å²) in [4.78, 5) is 21.4. The number of benzene rings is 1. The molecular weight excluding hydrogens is 322 g/mol. The summed E-state index contributed by atoms with van der Waals surface area (Å²) in [7, 11) is 0. The smallest absolute Gasteiger partial charge is 0.233 e. The van der Waals surface area contributed by atoms with Crippen molar-refractivity contribution >= 4 is 34.2 Å². The molecule has 7 heteroatoms. The highest BCUT2D eigenvalue weighted by Gasteiger charge is 2.19. The molecule has 3 rings (SSSR count). The zero-order chi connectivity index (χ0) is 17.3. The number of nitrogens with one attached hydrogen (secondary N) is 1. The molecule has 0 spiro atoms. The topological polar surface area (TPSA) is 72.2 Å². The number of para-hydroxylation sites is 1. The van der Waals surface area contributed by atoms with Gasteiger partial charge in [0.15, 0.2) is 10.8 Å². The summed E-state index contributed by atoms with van der Waals surface area (Å²) in [6.45, 7) is 8.56. The summed E-state index contributed by atoms with van der Waals surface area (Å²) in [5.41, 5.74) is 1.63. The van der Waals surface area contributed by atoms with Crippen LogP contribution in [0.2, 0.25) is 0 Å². The van der Waals surface area contributed by atoms with Gasteiger partial charge in [-0.3, -0.25) is 4.79 Å². The molecule has 2 heterocycles. The Bertz CT molecular complexity index is 889. The van der Waals surface area contributed by atoms with Crippen LogP contribution in [0.5, 0.6) is 0 Å². The van der Waals surface area contributed by atoms with Gasteiger partial charge in [-0.1, -0.05) is 37.7 Å². The van der Waals surface area contributed by atoms with Crippen molar-refractivity contribution in [1.82, 2.24) is 24.9 Å². The van der Waals surface area contributed by atoms with Gasteiger partial charge < -0.3 is 5.32 Å². The van der Waals surface area contributed by atoms with Crippen LogP contribution in [0.4, 0.5) is 0 Å². The first-order valence-electron chi connectivity index (χ1n) is 8.02. The Morgan fingerprint density at radius 2 is 2.00 bits per heavy atom. The number of carbonyl (C=O) groups is 1. The fraction of sp³-hybridized carbons (Fsp3) is 0.412. The monoisotopic (exact) mass is 343 g/mol. The average molecular weight is 343 g/mol. The largest absolute Gasteiger partial charge is 0.355 e. The molecule has 0 aliphatic rings. The molecule has 126 valence electrons. The third kappa shape index (κ3) is 3.36. The van der Waals surface area contributed by atoms with E-state index >= 15 is 0 Å². The maximum Gasteiger partial charge on any atom is 0.233 e. The summed E-state index contributed by atoms with van der Waals surface area (Å²) >= 11 is 1.40. The number of thioether (sulfide) groups is 1. The zero-order valence-electron chi connectivity index (χ0n) is 14.3. The van der Waals surface area contributed by atoms with Crippen LogP contribution in [-0.4, -0.2) is 37.3 Å². The van der Waals surface area contributed by atoms with E-state index in [1.54, 1.807) is 4.52 Å². The van der Waals surface area contributed by atoms with Crippen molar-refractivity contribution in [3.63, 3.8) is 0 Å². The molecule has 3 aromatic rings. The number of aryl methyl sites for hydroxylation is 1. The van der Waals surface area contributed by atoms with Crippen LogP contribution in [0.25, 0.3) is 16.6 Å². The molecule has 1 amide bonds. The fourth-order valence-corrected chi connectivity index (χ4v) is 3.25. The lowest BCUT2D eigenvalue weighted by atomic mass is 10.2. The first kappa shape index (κ1) is 16.7. The minimum Gasteiger partial charge on any atom is -0.355 e. The van der Waals surface area contributed by atoms with Gasteiger partial charge in [0.1, 0.15) is 5.82 Å². The van der Waals surface area contributed by atoms with Crippen LogP contribution in [-0.2, 0) is 4.79 Å². The minimum atomic E-state index is -0.259. The number of rotatable bonds is 5. The van der Waals surface area contributed by atoms with Gasteiger partial charge in [-0.15, -0.1) is 5.10 Å². The molecule has 1 N–H and O–H groups in total. The van der Waals surface area contributed by atoms with Gasteiger partial charge in [0, 0.05) is 11.9 Å². The molecule has 0 bridgehead atoms. The van der Waals surface area contributed by atoms with Crippen LogP contribution in [0.15, 0.2) is 29.4 Å². The lowest BCUT2D eigenvalue weighted by molar-refractivity contribution is -0.120. The third-order valence-electron chi connectivity index (χ3n) is 3.59. The van der Waals surface area contributed by atoms with Crippen LogP contribution >= 0.6 is 11.8 Å². The Balaban J connectivity index is 1.94. The van der Waals surface area contributed by atoms with Crippen molar-refractivity contribution in [2.24, 2.45) is 5.92 Å². The highest BCUT2D eigenvalue weighted by atomic mass is 32.2. The summed E-state index contributed by atoms with van der Waals surface area (Å²) in [6.07, 6.45) is 0. The molecule has 1 aromatic carbocycles. The fourth-order valence-electron chi connectivity index (χ4n) is 2.37. The van der Waals surface area contributed by atoms with Gasteiger partial charge in [0.05, 0.1) is 10.8 Å². The molecule has 0 aliphatic heterocycles. The van der Waals surface area contributed by atoms with Crippen LogP contribution in [0, 0.1) is 12.8 Å². The second kappa shape index (κ2) is 6.76. The lowest BCUT2D eigenvalue weighted by Gasteiger charge is -2.13. The second-order valence-electron chi connectivity index (χ2n) is 6.21. The lowest BCUT2D eigenvalue weighted by Crippen LogP contribution is -2.33. The number of amides is 1. The highest BCUT2D eigenvalue weighted by molar-refractivity contribution is 8.00. The minimum absolute atomic E-state index is 0.00801. The van der Waals surface area contributed by atoms with E-state index in [4.69, 9.17) is 0 Å². The van der Waals surface area contributed by atoms with Crippen molar-refractivity contribution in [1.29, 1.82) is 0 Å². The molecular formula is C17H21N5OS. The average Bonchev–Trinajstić information content (AvgIpc) is 2.94. The predicted octanol–water partition coefficient (Wildman–Crippen LogP) is 2.84. The van der Waals surface area contributed by atoms with E-state index in [1.807, 2.05) is 38.1 Å². The number of hydrogen-bond donors (Lipinski definition) is 1. The normalized spacial score (nSPS) is 12.9. The summed E-state index contributed by atoms with van der Waals surface area (Å²) in [6, 6.07) is 7.84. The summed E-state index contributed by atoms with van der Waals surface area (Å²) in [5, 5.41) is 8.78. The second-order valence-corrected chi connectivity index (χ2v) is 7.51. The van der Waals surface area contributed by atoms with E-state index in [-0.39, 0.29) is 11.2 Å². The molecule has 0 radical (unpaired) electrons. The van der Waals surface area contributed by atoms with Gasteiger partial charge in [-0.2, -0.15) is 4.52 Å². The Kier molecular flexibility index (Phi) is 4.71. The number of hydrogen-bond acceptors (Lipinski definition) is 5. The van der Waals surface area contributed by atoms with Gasteiger partial charge in [-0.05, 0) is 31.9 Å². The molecule has 6 nitrogen and oxygen atoms in total. The zero-order valence-corrected chi connectivity index (χ0v) is 15.1. The van der Waals surface area contributed by atoms with E-state index in [1.165, 1.54) is 11.8 Å².